The van der Waals surface area contributed by atoms with Crippen molar-refractivity contribution in [3.05, 3.63) is 59.0 Å². The van der Waals surface area contributed by atoms with E-state index in [1.165, 1.54) is 24.3 Å². The zero-order valence-corrected chi connectivity index (χ0v) is 17.7. The van der Waals surface area contributed by atoms with Crippen LogP contribution in [-0.4, -0.2) is 43.9 Å². The fraction of sp³-hybridized carbons (Fsp3) is 0.318. The van der Waals surface area contributed by atoms with Gasteiger partial charge < -0.3 is 14.4 Å². The molecule has 3 aromatic rings. The Kier molecular flexibility index (Phi) is 5.27. The summed E-state index contributed by atoms with van der Waals surface area (Å²) in [5.74, 6) is -3.32. The van der Waals surface area contributed by atoms with Crippen molar-refractivity contribution in [1.82, 2.24) is 15.1 Å². The van der Waals surface area contributed by atoms with E-state index in [4.69, 9.17) is 4.42 Å². The smallest absolute Gasteiger partial charge is 0.411 e. The molecule has 174 valence electrons. The molecule has 11 heteroatoms. The molecule has 2 aromatic carbocycles. The van der Waals surface area contributed by atoms with E-state index in [1.54, 1.807) is 6.92 Å². The van der Waals surface area contributed by atoms with Crippen LogP contribution in [0.1, 0.15) is 35.7 Å². The van der Waals surface area contributed by atoms with Crippen molar-refractivity contribution in [3.8, 4) is 22.6 Å². The Bertz CT molecular complexity index is 1220. The van der Waals surface area contributed by atoms with Gasteiger partial charge in [-0.05, 0) is 43.2 Å². The number of fused-ring (bicyclic) bond motifs is 1. The van der Waals surface area contributed by atoms with Crippen molar-refractivity contribution >= 4 is 5.91 Å². The fourth-order valence-corrected chi connectivity index (χ4v) is 4.08. The third-order valence-electron chi connectivity index (χ3n) is 5.35. The van der Waals surface area contributed by atoms with Crippen LogP contribution in [0.15, 0.2) is 34.7 Å². The number of hydrogen-bond acceptors (Lipinski definition) is 5. The number of hydrogen-bond donors (Lipinski definition) is 1. The molecule has 0 fully saturated rings. The molecule has 33 heavy (non-hydrogen) atoms. The van der Waals surface area contributed by atoms with E-state index in [1.807, 2.05) is 0 Å². The highest BCUT2D eigenvalue weighted by Gasteiger charge is 2.55. The Morgan fingerprint density at radius 3 is 2.18 bits per heavy atom. The van der Waals surface area contributed by atoms with Gasteiger partial charge in [-0.2, -0.15) is 13.2 Å². The maximum atomic E-state index is 14.9. The average molecular weight is 467 g/mol. The number of amides is 1. The highest BCUT2D eigenvalue weighted by molar-refractivity contribution is 6.05. The number of aromatic nitrogens is 2. The number of aliphatic hydroxyl groups is 1. The highest BCUT2D eigenvalue weighted by atomic mass is 19.4. The van der Waals surface area contributed by atoms with Crippen molar-refractivity contribution in [2.24, 2.45) is 0 Å². The molecule has 0 radical (unpaired) electrons. The number of alkyl halides is 3. The number of aryl methyl sites for hydroxylation is 1. The fourth-order valence-electron chi connectivity index (χ4n) is 4.08. The lowest BCUT2D eigenvalue weighted by Gasteiger charge is -2.37. The number of carbonyl (C=O) groups excluding carboxylic acids is 1. The molecule has 0 bridgehead atoms. The summed E-state index contributed by atoms with van der Waals surface area (Å²) in [5, 5.41) is 17.7. The standard InChI is InChI=1S/C22H18F5N3O3/c1-10-28-29-18(33-10)12-6-4-11(5-7-12)15-16-13(8-14(23)17(15)24)9-30(19(16)31)20(21(2,3)32)22(25,26)27/h4-8,20,32H,9H2,1-3H3/t20-/m1/s1. The van der Waals surface area contributed by atoms with Gasteiger partial charge >= 0.3 is 6.18 Å². The third kappa shape index (κ3) is 3.97. The van der Waals surface area contributed by atoms with Gasteiger partial charge in [0.05, 0.1) is 11.2 Å². The molecule has 1 atom stereocenters. The van der Waals surface area contributed by atoms with Gasteiger partial charge in [0, 0.05) is 24.6 Å². The van der Waals surface area contributed by atoms with E-state index >= 15 is 0 Å². The molecule has 1 aliphatic heterocycles. The third-order valence-corrected chi connectivity index (χ3v) is 5.35. The molecule has 1 N–H and O–H groups in total. The van der Waals surface area contributed by atoms with Crippen LogP contribution < -0.4 is 0 Å². The van der Waals surface area contributed by atoms with Crippen molar-refractivity contribution < 1.29 is 36.3 Å². The molecule has 0 aliphatic carbocycles. The number of halogens is 5. The lowest BCUT2D eigenvalue weighted by Crippen LogP contribution is -2.57. The normalized spacial score (nSPS) is 15.2. The first-order chi connectivity index (χ1) is 15.3. The van der Waals surface area contributed by atoms with Crippen molar-refractivity contribution in [2.75, 3.05) is 0 Å². The van der Waals surface area contributed by atoms with E-state index in [0.717, 1.165) is 13.8 Å². The second kappa shape index (κ2) is 7.62. The Labute approximate surface area is 184 Å². The Hall–Kier alpha value is -3.34. The molecule has 0 saturated carbocycles. The SMILES string of the molecule is Cc1nnc(-c2ccc(-c3c(F)c(F)cc4c3C(=O)N([C@H](C(C)(C)O)C(F)(F)F)C4)cc2)o1. The average Bonchev–Trinajstić information content (AvgIpc) is 3.25. The van der Waals surface area contributed by atoms with Crippen LogP contribution >= 0.6 is 0 Å². The van der Waals surface area contributed by atoms with Crippen LogP contribution in [0, 0.1) is 18.6 Å². The summed E-state index contributed by atoms with van der Waals surface area (Å²) in [7, 11) is 0. The summed E-state index contributed by atoms with van der Waals surface area (Å²) < 4.78 is 75.8. The zero-order valence-electron chi connectivity index (χ0n) is 17.7. The quantitative estimate of drug-likeness (QED) is 0.566. The van der Waals surface area contributed by atoms with Crippen LogP contribution in [-0.2, 0) is 6.54 Å². The van der Waals surface area contributed by atoms with Crippen LogP contribution in [0.3, 0.4) is 0 Å². The van der Waals surface area contributed by atoms with E-state index in [9.17, 15) is 31.9 Å². The van der Waals surface area contributed by atoms with Gasteiger partial charge in [-0.25, -0.2) is 8.78 Å². The largest absolute Gasteiger partial charge is 0.421 e. The molecule has 0 spiro atoms. The van der Waals surface area contributed by atoms with E-state index in [2.05, 4.69) is 10.2 Å². The number of nitrogens with zero attached hydrogens (tertiary/aromatic N) is 3. The molecule has 6 nitrogen and oxygen atoms in total. The second-order valence-electron chi connectivity index (χ2n) is 8.32. The lowest BCUT2D eigenvalue weighted by molar-refractivity contribution is -0.219. The van der Waals surface area contributed by atoms with Gasteiger partial charge in [0.1, 0.15) is 0 Å². The summed E-state index contributed by atoms with van der Waals surface area (Å²) in [6.45, 7) is 2.80. The van der Waals surface area contributed by atoms with E-state index in [-0.39, 0.29) is 22.6 Å². The summed E-state index contributed by atoms with van der Waals surface area (Å²) in [5.41, 5.74) is -2.75. The van der Waals surface area contributed by atoms with E-state index < -0.39 is 47.5 Å². The van der Waals surface area contributed by atoms with Gasteiger partial charge in [0.2, 0.25) is 11.8 Å². The van der Waals surface area contributed by atoms with Crippen LogP contribution in [0.4, 0.5) is 22.0 Å². The molecule has 1 aromatic heterocycles. The molecule has 0 unspecified atom stereocenters. The predicted octanol–water partition coefficient (Wildman–Crippen LogP) is 4.65. The summed E-state index contributed by atoms with van der Waals surface area (Å²) >= 11 is 0. The zero-order chi connectivity index (χ0) is 24.3. The molecule has 2 heterocycles. The predicted molar refractivity (Wildman–Crippen MR) is 106 cm³/mol. The first-order valence-electron chi connectivity index (χ1n) is 9.81. The van der Waals surface area contributed by atoms with Gasteiger partial charge in [-0.1, -0.05) is 12.1 Å². The van der Waals surface area contributed by atoms with Gasteiger partial charge in [0.25, 0.3) is 5.91 Å². The second-order valence-corrected chi connectivity index (χ2v) is 8.32. The number of rotatable bonds is 4. The van der Waals surface area contributed by atoms with Crippen LogP contribution in [0.2, 0.25) is 0 Å². The number of carbonyl (C=O) groups is 1. The Morgan fingerprint density at radius 2 is 1.67 bits per heavy atom. The highest BCUT2D eigenvalue weighted by Crippen LogP contribution is 2.42. The molecular weight excluding hydrogens is 449 g/mol. The van der Waals surface area contributed by atoms with Crippen molar-refractivity contribution in [1.29, 1.82) is 0 Å². The molecule has 1 aliphatic rings. The topological polar surface area (TPSA) is 79.5 Å². The van der Waals surface area contributed by atoms with Crippen molar-refractivity contribution in [3.63, 3.8) is 0 Å². The lowest BCUT2D eigenvalue weighted by atomic mass is 9.94. The molecule has 0 saturated heterocycles. The van der Waals surface area contributed by atoms with Gasteiger partial charge in [-0.15, -0.1) is 10.2 Å². The van der Waals surface area contributed by atoms with Crippen LogP contribution in [0.5, 0.6) is 0 Å². The summed E-state index contributed by atoms with van der Waals surface area (Å²) in [4.78, 5) is 13.5. The molecule has 4 rings (SSSR count). The van der Waals surface area contributed by atoms with E-state index in [0.29, 0.717) is 22.4 Å². The monoisotopic (exact) mass is 467 g/mol. The Morgan fingerprint density at radius 1 is 1.06 bits per heavy atom. The first-order valence-corrected chi connectivity index (χ1v) is 9.81. The minimum absolute atomic E-state index is 0.0743. The Balaban J connectivity index is 1.81. The summed E-state index contributed by atoms with van der Waals surface area (Å²) in [6, 6.07) is 3.84. The maximum absolute atomic E-state index is 14.9. The molecular formula is C22H18F5N3O3. The number of benzene rings is 2. The first kappa shape index (κ1) is 22.8. The minimum atomic E-state index is -4.98. The maximum Gasteiger partial charge on any atom is 0.411 e. The van der Waals surface area contributed by atoms with Crippen LogP contribution in [0.25, 0.3) is 22.6 Å². The molecule has 1 amide bonds. The summed E-state index contributed by atoms with van der Waals surface area (Å²) in [6.07, 6.45) is -4.98. The van der Waals surface area contributed by atoms with Crippen molar-refractivity contribution in [2.45, 2.75) is 45.1 Å². The van der Waals surface area contributed by atoms with Gasteiger partial charge in [0.15, 0.2) is 17.7 Å². The minimum Gasteiger partial charge on any atom is -0.421 e. The van der Waals surface area contributed by atoms with Gasteiger partial charge in [-0.3, -0.25) is 4.79 Å².